The fraction of sp³-hybridized carbons (Fsp3) is 1.00. The first kappa shape index (κ1) is 15.0. The van der Waals surface area contributed by atoms with Crippen LogP contribution in [-0.4, -0.2) is 37.1 Å². The van der Waals surface area contributed by atoms with Crippen molar-refractivity contribution >= 4 is 0 Å². The molecule has 0 spiro atoms. The molecule has 1 saturated heterocycles. The standard InChI is InChI=1S/C15H32N2/c1-3-4-6-10-15(2)16-11-9-14-17-12-7-5-8-13-17/h15-16H,3-14H2,1-2H3. The number of hydrogen-bond donors (Lipinski definition) is 1. The van der Waals surface area contributed by atoms with Gasteiger partial charge in [0.25, 0.3) is 0 Å². The minimum Gasteiger partial charge on any atom is -0.314 e. The second kappa shape index (κ2) is 9.90. The van der Waals surface area contributed by atoms with E-state index in [0.29, 0.717) is 6.04 Å². The highest BCUT2D eigenvalue weighted by Crippen LogP contribution is 2.08. The summed E-state index contributed by atoms with van der Waals surface area (Å²) in [6.45, 7) is 9.78. The van der Waals surface area contributed by atoms with E-state index < -0.39 is 0 Å². The molecule has 1 fully saturated rings. The summed E-state index contributed by atoms with van der Waals surface area (Å²) in [7, 11) is 0. The molecule has 1 unspecified atom stereocenters. The molecule has 17 heavy (non-hydrogen) atoms. The van der Waals surface area contributed by atoms with E-state index >= 15 is 0 Å². The lowest BCUT2D eigenvalue weighted by atomic mass is 10.1. The van der Waals surface area contributed by atoms with Gasteiger partial charge in [-0.05, 0) is 58.8 Å². The van der Waals surface area contributed by atoms with Crippen molar-refractivity contribution in [3.63, 3.8) is 0 Å². The minimum absolute atomic E-state index is 0.711. The fourth-order valence-corrected chi connectivity index (χ4v) is 2.64. The second-order valence-corrected chi connectivity index (χ2v) is 5.61. The molecule has 0 radical (unpaired) electrons. The maximum absolute atomic E-state index is 3.65. The van der Waals surface area contributed by atoms with E-state index in [0.717, 1.165) is 0 Å². The van der Waals surface area contributed by atoms with Crippen molar-refractivity contribution in [1.82, 2.24) is 10.2 Å². The third-order valence-corrected chi connectivity index (χ3v) is 3.83. The van der Waals surface area contributed by atoms with E-state index in [4.69, 9.17) is 0 Å². The smallest absolute Gasteiger partial charge is 0.00387 e. The Balaban J connectivity index is 1.88. The summed E-state index contributed by atoms with van der Waals surface area (Å²) in [5.41, 5.74) is 0. The number of rotatable bonds is 9. The number of nitrogens with zero attached hydrogens (tertiary/aromatic N) is 1. The Labute approximate surface area is 108 Å². The lowest BCUT2D eigenvalue weighted by molar-refractivity contribution is 0.225. The van der Waals surface area contributed by atoms with Gasteiger partial charge in [0.1, 0.15) is 0 Å². The molecule has 102 valence electrons. The highest BCUT2D eigenvalue weighted by Gasteiger charge is 2.09. The van der Waals surface area contributed by atoms with Crippen LogP contribution in [0.4, 0.5) is 0 Å². The van der Waals surface area contributed by atoms with Crippen LogP contribution in [0.1, 0.15) is 65.2 Å². The lowest BCUT2D eigenvalue weighted by Gasteiger charge is -2.26. The zero-order chi connectivity index (χ0) is 12.3. The monoisotopic (exact) mass is 240 g/mol. The van der Waals surface area contributed by atoms with Gasteiger partial charge in [0.05, 0.1) is 0 Å². The topological polar surface area (TPSA) is 15.3 Å². The Kier molecular flexibility index (Phi) is 8.72. The van der Waals surface area contributed by atoms with Crippen LogP contribution < -0.4 is 5.32 Å². The Morgan fingerprint density at radius 2 is 1.82 bits per heavy atom. The van der Waals surface area contributed by atoms with Crippen LogP contribution in [-0.2, 0) is 0 Å². The number of likely N-dealkylation sites (tertiary alicyclic amines) is 1. The number of piperidine rings is 1. The molecule has 1 aliphatic rings. The zero-order valence-corrected chi connectivity index (χ0v) is 12.0. The molecule has 0 amide bonds. The van der Waals surface area contributed by atoms with Crippen molar-refractivity contribution in [2.24, 2.45) is 0 Å². The molecule has 1 N–H and O–H groups in total. The molecular formula is C15H32N2. The summed E-state index contributed by atoms with van der Waals surface area (Å²) in [4.78, 5) is 2.63. The molecule has 2 heteroatoms. The van der Waals surface area contributed by atoms with Gasteiger partial charge in [0.15, 0.2) is 0 Å². The molecule has 0 bridgehead atoms. The fourth-order valence-electron chi connectivity index (χ4n) is 2.64. The van der Waals surface area contributed by atoms with Gasteiger partial charge in [0.2, 0.25) is 0 Å². The van der Waals surface area contributed by atoms with Gasteiger partial charge in [-0.15, -0.1) is 0 Å². The molecule has 1 heterocycles. The van der Waals surface area contributed by atoms with Gasteiger partial charge in [-0.3, -0.25) is 0 Å². The molecule has 0 aliphatic carbocycles. The number of unbranched alkanes of at least 4 members (excludes halogenated alkanes) is 2. The summed E-state index contributed by atoms with van der Waals surface area (Å²) in [5, 5.41) is 3.65. The Morgan fingerprint density at radius 1 is 1.06 bits per heavy atom. The van der Waals surface area contributed by atoms with Gasteiger partial charge >= 0.3 is 0 Å². The first-order valence-corrected chi connectivity index (χ1v) is 7.78. The molecule has 2 nitrogen and oxygen atoms in total. The van der Waals surface area contributed by atoms with Crippen LogP contribution in [0.25, 0.3) is 0 Å². The van der Waals surface area contributed by atoms with Crippen LogP contribution in [0.15, 0.2) is 0 Å². The predicted molar refractivity (Wildman–Crippen MR) is 76.5 cm³/mol. The lowest BCUT2D eigenvalue weighted by Crippen LogP contribution is -2.34. The maximum atomic E-state index is 3.65. The second-order valence-electron chi connectivity index (χ2n) is 5.61. The number of nitrogens with one attached hydrogen (secondary N) is 1. The molecule has 0 aromatic rings. The van der Waals surface area contributed by atoms with E-state index in [1.807, 2.05) is 0 Å². The van der Waals surface area contributed by atoms with Gasteiger partial charge in [-0.25, -0.2) is 0 Å². The maximum Gasteiger partial charge on any atom is 0.00387 e. The van der Waals surface area contributed by atoms with E-state index in [9.17, 15) is 0 Å². The molecule has 1 aliphatic heterocycles. The van der Waals surface area contributed by atoms with Crippen molar-refractivity contribution < 1.29 is 0 Å². The van der Waals surface area contributed by atoms with Crippen molar-refractivity contribution in [3.05, 3.63) is 0 Å². The summed E-state index contributed by atoms with van der Waals surface area (Å²) < 4.78 is 0. The minimum atomic E-state index is 0.711. The molecule has 0 aromatic heterocycles. The first-order chi connectivity index (χ1) is 8.33. The quantitative estimate of drug-likeness (QED) is 0.621. The van der Waals surface area contributed by atoms with Crippen LogP contribution in [0.5, 0.6) is 0 Å². The largest absolute Gasteiger partial charge is 0.314 e. The van der Waals surface area contributed by atoms with E-state index in [1.165, 1.54) is 77.5 Å². The Bertz CT molecular complexity index is 164. The predicted octanol–water partition coefficient (Wildman–Crippen LogP) is 3.42. The summed E-state index contributed by atoms with van der Waals surface area (Å²) in [6, 6.07) is 0.711. The van der Waals surface area contributed by atoms with Crippen molar-refractivity contribution in [2.75, 3.05) is 26.2 Å². The molecule has 1 rings (SSSR count). The summed E-state index contributed by atoms with van der Waals surface area (Å²) in [6.07, 6.45) is 11.1. The van der Waals surface area contributed by atoms with Crippen LogP contribution in [0.3, 0.4) is 0 Å². The molecule has 0 aromatic carbocycles. The normalized spacial score (nSPS) is 19.4. The average molecular weight is 240 g/mol. The summed E-state index contributed by atoms with van der Waals surface area (Å²) >= 11 is 0. The van der Waals surface area contributed by atoms with Gasteiger partial charge in [0, 0.05) is 6.04 Å². The SMILES string of the molecule is CCCCCC(C)NCCCN1CCCCC1. The average Bonchev–Trinajstić information content (AvgIpc) is 2.36. The third kappa shape index (κ3) is 7.77. The van der Waals surface area contributed by atoms with E-state index in [-0.39, 0.29) is 0 Å². The first-order valence-electron chi connectivity index (χ1n) is 7.78. The zero-order valence-electron chi connectivity index (χ0n) is 12.0. The van der Waals surface area contributed by atoms with Gasteiger partial charge in [-0.2, -0.15) is 0 Å². The highest BCUT2D eigenvalue weighted by molar-refractivity contribution is 4.66. The molecular weight excluding hydrogens is 208 g/mol. The van der Waals surface area contributed by atoms with Crippen LogP contribution in [0.2, 0.25) is 0 Å². The van der Waals surface area contributed by atoms with Crippen LogP contribution in [0, 0.1) is 0 Å². The number of hydrogen-bond acceptors (Lipinski definition) is 2. The van der Waals surface area contributed by atoms with E-state index in [1.54, 1.807) is 0 Å². The van der Waals surface area contributed by atoms with Gasteiger partial charge < -0.3 is 10.2 Å². The Hall–Kier alpha value is -0.0800. The van der Waals surface area contributed by atoms with Crippen molar-refractivity contribution in [1.29, 1.82) is 0 Å². The summed E-state index contributed by atoms with van der Waals surface area (Å²) in [5.74, 6) is 0. The van der Waals surface area contributed by atoms with Crippen molar-refractivity contribution in [2.45, 2.75) is 71.3 Å². The third-order valence-electron chi connectivity index (χ3n) is 3.83. The van der Waals surface area contributed by atoms with Gasteiger partial charge in [-0.1, -0.05) is 32.6 Å². The Morgan fingerprint density at radius 3 is 2.53 bits per heavy atom. The molecule has 0 saturated carbocycles. The van der Waals surface area contributed by atoms with Crippen molar-refractivity contribution in [3.8, 4) is 0 Å². The highest BCUT2D eigenvalue weighted by atomic mass is 15.1. The van der Waals surface area contributed by atoms with E-state index in [2.05, 4.69) is 24.1 Å². The van der Waals surface area contributed by atoms with Crippen LogP contribution >= 0.6 is 0 Å². The molecule has 1 atom stereocenters.